The molecule has 0 unspecified atom stereocenters. The molecule has 1 aromatic carbocycles. The molecule has 0 saturated carbocycles. The van der Waals surface area contributed by atoms with E-state index < -0.39 is 10.0 Å². The molecule has 2 rings (SSSR count). The molecule has 0 bridgehead atoms. The first kappa shape index (κ1) is 17.9. The molecule has 6 nitrogen and oxygen atoms in total. The summed E-state index contributed by atoms with van der Waals surface area (Å²) in [7, 11) is -3.14. The summed E-state index contributed by atoms with van der Waals surface area (Å²) in [5.41, 5.74) is 6.62. The predicted molar refractivity (Wildman–Crippen MR) is 90.1 cm³/mol. The SMILES string of the molecule is NCCCN(Cc1ccccc1)C(=O)CCN1CCCS1(=O)=O. The van der Waals surface area contributed by atoms with Crippen molar-refractivity contribution in [2.24, 2.45) is 5.73 Å². The molecule has 7 heteroatoms. The third-order valence-electron chi connectivity index (χ3n) is 3.98. The number of rotatable bonds is 8. The van der Waals surface area contributed by atoms with Crippen molar-refractivity contribution in [2.45, 2.75) is 25.8 Å². The molecule has 1 aliphatic heterocycles. The van der Waals surface area contributed by atoms with Gasteiger partial charge in [0.15, 0.2) is 0 Å². The summed E-state index contributed by atoms with van der Waals surface area (Å²) >= 11 is 0. The lowest BCUT2D eigenvalue weighted by atomic mass is 10.2. The molecule has 1 amide bonds. The first-order chi connectivity index (χ1) is 11.0. The monoisotopic (exact) mass is 339 g/mol. The van der Waals surface area contributed by atoms with Crippen molar-refractivity contribution in [3.63, 3.8) is 0 Å². The highest BCUT2D eigenvalue weighted by Crippen LogP contribution is 2.14. The zero-order valence-corrected chi connectivity index (χ0v) is 14.2. The summed E-state index contributed by atoms with van der Waals surface area (Å²) in [6.45, 7) is 2.45. The van der Waals surface area contributed by atoms with Crippen molar-refractivity contribution in [1.29, 1.82) is 0 Å². The van der Waals surface area contributed by atoms with Gasteiger partial charge >= 0.3 is 0 Å². The van der Waals surface area contributed by atoms with E-state index in [-0.39, 0.29) is 24.6 Å². The van der Waals surface area contributed by atoms with E-state index in [9.17, 15) is 13.2 Å². The van der Waals surface area contributed by atoms with Gasteiger partial charge in [0.05, 0.1) is 5.75 Å². The topological polar surface area (TPSA) is 83.7 Å². The maximum absolute atomic E-state index is 12.5. The maximum atomic E-state index is 12.5. The second-order valence-corrected chi connectivity index (χ2v) is 7.85. The highest BCUT2D eigenvalue weighted by atomic mass is 32.2. The van der Waals surface area contributed by atoms with Gasteiger partial charge in [-0.05, 0) is 24.9 Å². The van der Waals surface area contributed by atoms with Crippen LogP contribution in [0.15, 0.2) is 30.3 Å². The molecule has 0 atom stereocenters. The van der Waals surface area contributed by atoms with E-state index in [0.29, 0.717) is 32.6 Å². The van der Waals surface area contributed by atoms with Crippen molar-refractivity contribution in [3.05, 3.63) is 35.9 Å². The summed E-state index contributed by atoms with van der Waals surface area (Å²) in [5, 5.41) is 0. The third kappa shape index (κ3) is 5.30. The summed E-state index contributed by atoms with van der Waals surface area (Å²) in [4.78, 5) is 14.3. The maximum Gasteiger partial charge on any atom is 0.224 e. The van der Waals surface area contributed by atoms with Crippen LogP contribution >= 0.6 is 0 Å². The van der Waals surface area contributed by atoms with Crippen LogP contribution in [-0.2, 0) is 21.4 Å². The van der Waals surface area contributed by atoms with Crippen LogP contribution in [-0.4, -0.2) is 55.5 Å². The van der Waals surface area contributed by atoms with Crippen LogP contribution in [0.2, 0.25) is 0 Å². The van der Waals surface area contributed by atoms with Crippen molar-refractivity contribution in [1.82, 2.24) is 9.21 Å². The van der Waals surface area contributed by atoms with E-state index in [1.165, 1.54) is 4.31 Å². The number of amides is 1. The molecule has 1 aromatic rings. The molecule has 0 aromatic heterocycles. The summed E-state index contributed by atoms with van der Waals surface area (Å²) in [6, 6.07) is 9.78. The van der Waals surface area contributed by atoms with Gasteiger partial charge in [0.2, 0.25) is 15.9 Å². The summed E-state index contributed by atoms with van der Waals surface area (Å²) in [5.74, 6) is 0.173. The van der Waals surface area contributed by atoms with Gasteiger partial charge in [-0.3, -0.25) is 4.79 Å². The van der Waals surface area contributed by atoms with Crippen molar-refractivity contribution >= 4 is 15.9 Å². The Labute approximate surface area is 138 Å². The molecular formula is C16H25N3O3S. The molecule has 128 valence electrons. The lowest BCUT2D eigenvalue weighted by Crippen LogP contribution is -2.36. The van der Waals surface area contributed by atoms with E-state index in [2.05, 4.69) is 0 Å². The smallest absolute Gasteiger partial charge is 0.224 e. The quantitative estimate of drug-likeness (QED) is 0.759. The average Bonchev–Trinajstić information content (AvgIpc) is 2.88. The largest absolute Gasteiger partial charge is 0.338 e. The van der Waals surface area contributed by atoms with Crippen molar-refractivity contribution in [3.8, 4) is 0 Å². The van der Waals surface area contributed by atoms with Crippen LogP contribution in [0.3, 0.4) is 0 Å². The fourth-order valence-corrected chi connectivity index (χ4v) is 4.23. The number of carbonyl (C=O) groups excluding carboxylic acids is 1. The fraction of sp³-hybridized carbons (Fsp3) is 0.562. The lowest BCUT2D eigenvalue weighted by molar-refractivity contribution is -0.132. The molecule has 1 heterocycles. The Morgan fingerprint density at radius 2 is 2.00 bits per heavy atom. The van der Waals surface area contributed by atoms with Crippen LogP contribution in [0.1, 0.15) is 24.8 Å². The van der Waals surface area contributed by atoms with Crippen LogP contribution in [0.25, 0.3) is 0 Å². The van der Waals surface area contributed by atoms with Gasteiger partial charge in [-0.1, -0.05) is 30.3 Å². The average molecular weight is 339 g/mol. The first-order valence-electron chi connectivity index (χ1n) is 8.02. The Bertz CT molecular complexity index is 604. The minimum Gasteiger partial charge on any atom is -0.338 e. The van der Waals surface area contributed by atoms with Crippen molar-refractivity contribution in [2.75, 3.05) is 31.9 Å². The highest BCUT2D eigenvalue weighted by molar-refractivity contribution is 7.89. The third-order valence-corrected chi connectivity index (χ3v) is 5.94. The number of nitrogens with zero attached hydrogens (tertiary/aromatic N) is 2. The second kappa shape index (κ2) is 8.42. The van der Waals surface area contributed by atoms with Crippen LogP contribution < -0.4 is 5.73 Å². The molecule has 1 fully saturated rings. The number of benzene rings is 1. The Hall–Kier alpha value is -1.44. The predicted octanol–water partition coefficient (Wildman–Crippen LogP) is 0.790. The van der Waals surface area contributed by atoms with E-state index in [1.54, 1.807) is 4.90 Å². The lowest BCUT2D eigenvalue weighted by Gasteiger charge is -2.24. The summed E-state index contributed by atoms with van der Waals surface area (Å²) < 4.78 is 25.0. The van der Waals surface area contributed by atoms with Gasteiger partial charge in [-0.15, -0.1) is 0 Å². The van der Waals surface area contributed by atoms with Gasteiger partial charge in [0.1, 0.15) is 0 Å². The zero-order valence-electron chi connectivity index (χ0n) is 13.4. The van der Waals surface area contributed by atoms with Gasteiger partial charge in [-0.2, -0.15) is 0 Å². The molecule has 0 spiro atoms. The number of hydrogen-bond donors (Lipinski definition) is 1. The molecule has 1 aliphatic rings. The summed E-state index contributed by atoms with van der Waals surface area (Å²) in [6.07, 6.45) is 1.61. The minimum absolute atomic E-state index is 0.0237. The van der Waals surface area contributed by atoms with Gasteiger partial charge in [-0.25, -0.2) is 12.7 Å². The highest BCUT2D eigenvalue weighted by Gasteiger charge is 2.28. The number of carbonyl (C=O) groups is 1. The van der Waals surface area contributed by atoms with E-state index >= 15 is 0 Å². The molecule has 1 saturated heterocycles. The van der Waals surface area contributed by atoms with Gasteiger partial charge in [0.25, 0.3) is 0 Å². The molecule has 0 radical (unpaired) electrons. The Morgan fingerprint density at radius 3 is 2.61 bits per heavy atom. The normalized spacial score (nSPS) is 17.3. The van der Waals surface area contributed by atoms with Crippen LogP contribution in [0, 0.1) is 0 Å². The van der Waals surface area contributed by atoms with E-state index in [4.69, 9.17) is 5.73 Å². The van der Waals surface area contributed by atoms with Gasteiger partial charge in [0, 0.05) is 32.6 Å². The Balaban J connectivity index is 1.93. The van der Waals surface area contributed by atoms with Gasteiger partial charge < -0.3 is 10.6 Å². The molecule has 2 N–H and O–H groups in total. The first-order valence-corrected chi connectivity index (χ1v) is 9.63. The molecule has 23 heavy (non-hydrogen) atoms. The number of nitrogens with two attached hydrogens (primary N) is 1. The second-order valence-electron chi connectivity index (χ2n) is 5.76. The Morgan fingerprint density at radius 1 is 1.26 bits per heavy atom. The Kier molecular flexibility index (Phi) is 6.56. The van der Waals surface area contributed by atoms with Crippen molar-refractivity contribution < 1.29 is 13.2 Å². The fourth-order valence-electron chi connectivity index (χ4n) is 2.70. The van der Waals surface area contributed by atoms with E-state index in [0.717, 1.165) is 12.0 Å². The van der Waals surface area contributed by atoms with E-state index in [1.807, 2.05) is 30.3 Å². The standard InChI is InChI=1S/C16H25N3O3S/c17-9-4-10-18(14-15-6-2-1-3-7-15)16(20)8-12-19-11-5-13-23(19,21)22/h1-3,6-7H,4-5,8-14,17H2. The number of hydrogen-bond acceptors (Lipinski definition) is 4. The zero-order chi connectivity index (χ0) is 16.7. The minimum atomic E-state index is -3.14. The van der Waals surface area contributed by atoms with Crippen LogP contribution in [0.5, 0.6) is 0 Å². The number of sulfonamides is 1. The van der Waals surface area contributed by atoms with Crippen LogP contribution in [0.4, 0.5) is 0 Å². The molecule has 0 aliphatic carbocycles. The molecular weight excluding hydrogens is 314 g/mol.